The first kappa shape index (κ1) is 14.9. The quantitative estimate of drug-likeness (QED) is 0.754. The lowest BCUT2D eigenvalue weighted by atomic mass is 10.1. The fourth-order valence-corrected chi connectivity index (χ4v) is 2.13. The minimum atomic E-state index is -0.446. The van der Waals surface area contributed by atoms with E-state index in [4.69, 9.17) is 5.26 Å². The minimum Gasteiger partial charge on any atom is -0.353 e. The molecule has 1 aromatic heterocycles. The molecule has 1 saturated heterocycles. The predicted molar refractivity (Wildman–Crippen MR) is 74.7 cm³/mol. The van der Waals surface area contributed by atoms with Gasteiger partial charge in [0.15, 0.2) is 0 Å². The third kappa shape index (κ3) is 4.26. The molecule has 0 radical (unpaired) electrons. The number of nitriles is 1. The van der Waals surface area contributed by atoms with Crippen molar-refractivity contribution in [2.75, 3.05) is 19.6 Å². The summed E-state index contributed by atoms with van der Waals surface area (Å²) in [4.78, 5) is 29.3. The van der Waals surface area contributed by atoms with Crippen molar-refractivity contribution in [2.24, 2.45) is 0 Å². The molecular formula is C14H17N5O2. The van der Waals surface area contributed by atoms with E-state index >= 15 is 0 Å². The van der Waals surface area contributed by atoms with Crippen molar-refractivity contribution in [3.63, 3.8) is 0 Å². The summed E-state index contributed by atoms with van der Waals surface area (Å²) < 4.78 is 0. The molecule has 1 atom stereocenters. The molecule has 0 aliphatic carbocycles. The molecule has 7 nitrogen and oxygen atoms in total. The van der Waals surface area contributed by atoms with Gasteiger partial charge in [0.2, 0.25) is 11.8 Å². The molecule has 2 heterocycles. The number of hydrogen-bond donors (Lipinski definition) is 2. The molecule has 2 N–H and O–H groups in total. The van der Waals surface area contributed by atoms with Crippen LogP contribution in [0.3, 0.4) is 0 Å². The summed E-state index contributed by atoms with van der Waals surface area (Å²) in [5.41, 5.74) is 0.906. The molecule has 110 valence electrons. The highest BCUT2D eigenvalue weighted by Gasteiger charge is 2.27. The average molecular weight is 287 g/mol. The van der Waals surface area contributed by atoms with Gasteiger partial charge in [-0.3, -0.25) is 19.9 Å². The summed E-state index contributed by atoms with van der Waals surface area (Å²) in [5.74, 6) is -0.232. The summed E-state index contributed by atoms with van der Waals surface area (Å²) in [6, 6.07) is 5.29. The summed E-state index contributed by atoms with van der Waals surface area (Å²) in [7, 11) is 0. The van der Waals surface area contributed by atoms with Crippen LogP contribution in [0.25, 0.3) is 0 Å². The standard InChI is InChI=1S/C14H17N5O2/c15-4-2-6-19(10-11-3-1-5-16-7-11)14(21)12-8-18-13(20)9-17-12/h1,3,5,7,12,17H,2,6,8-10H2,(H,18,20). The largest absolute Gasteiger partial charge is 0.353 e. The van der Waals surface area contributed by atoms with Crippen molar-refractivity contribution in [1.82, 2.24) is 20.5 Å². The van der Waals surface area contributed by atoms with Gasteiger partial charge in [0.25, 0.3) is 0 Å². The fraction of sp³-hybridized carbons (Fsp3) is 0.429. The van der Waals surface area contributed by atoms with Gasteiger partial charge in [-0.15, -0.1) is 0 Å². The van der Waals surface area contributed by atoms with E-state index < -0.39 is 6.04 Å². The van der Waals surface area contributed by atoms with Crippen molar-refractivity contribution in [1.29, 1.82) is 5.26 Å². The van der Waals surface area contributed by atoms with Gasteiger partial charge in [-0.2, -0.15) is 5.26 Å². The Balaban J connectivity index is 2.02. The van der Waals surface area contributed by atoms with Crippen LogP contribution in [0.15, 0.2) is 24.5 Å². The van der Waals surface area contributed by atoms with Crippen LogP contribution in [-0.2, 0) is 16.1 Å². The third-order valence-electron chi connectivity index (χ3n) is 3.21. The van der Waals surface area contributed by atoms with E-state index in [1.807, 2.05) is 12.1 Å². The second-order valence-corrected chi connectivity index (χ2v) is 4.77. The van der Waals surface area contributed by atoms with Gasteiger partial charge in [0.1, 0.15) is 6.04 Å². The van der Waals surface area contributed by atoms with Crippen molar-refractivity contribution < 1.29 is 9.59 Å². The topological polar surface area (TPSA) is 98.1 Å². The lowest BCUT2D eigenvalue weighted by molar-refractivity contribution is -0.135. The van der Waals surface area contributed by atoms with E-state index in [0.29, 0.717) is 13.1 Å². The molecule has 7 heteroatoms. The number of aromatic nitrogens is 1. The zero-order chi connectivity index (χ0) is 15.1. The van der Waals surface area contributed by atoms with Crippen molar-refractivity contribution >= 4 is 11.8 Å². The monoisotopic (exact) mass is 287 g/mol. The van der Waals surface area contributed by atoms with E-state index in [0.717, 1.165) is 5.56 Å². The Kier molecular flexibility index (Phi) is 5.23. The highest BCUT2D eigenvalue weighted by Crippen LogP contribution is 2.07. The molecule has 2 rings (SSSR count). The van der Waals surface area contributed by atoms with Crippen LogP contribution in [0.5, 0.6) is 0 Å². The molecule has 21 heavy (non-hydrogen) atoms. The Morgan fingerprint density at radius 2 is 2.43 bits per heavy atom. The van der Waals surface area contributed by atoms with Crippen molar-refractivity contribution in [3.8, 4) is 6.07 Å². The van der Waals surface area contributed by atoms with E-state index in [1.165, 1.54) is 0 Å². The van der Waals surface area contributed by atoms with E-state index in [2.05, 4.69) is 15.6 Å². The van der Waals surface area contributed by atoms with Crippen LogP contribution in [0.4, 0.5) is 0 Å². The Labute approximate surface area is 123 Å². The molecule has 0 aromatic carbocycles. The number of piperazine rings is 1. The van der Waals surface area contributed by atoms with Crippen LogP contribution < -0.4 is 10.6 Å². The Bertz CT molecular complexity index is 530. The minimum absolute atomic E-state index is 0.116. The van der Waals surface area contributed by atoms with Gasteiger partial charge < -0.3 is 10.2 Å². The molecule has 1 unspecified atom stereocenters. The molecule has 1 aliphatic rings. The third-order valence-corrected chi connectivity index (χ3v) is 3.21. The van der Waals surface area contributed by atoms with E-state index in [-0.39, 0.29) is 31.3 Å². The lowest BCUT2D eigenvalue weighted by Gasteiger charge is -2.29. The Morgan fingerprint density at radius 3 is 3.05 bits per heavy atom. The molecule has 1 aromatic rings. The van der Waals surface area contributed by atoms with Crippen molar-refractivity contribution in [3.05, 3.63) is 30.1 Å². The van der Waals surface area contributed by atoms with Gasteiger partial charge in [0, 0.05) is 32.0 Å². The average Bonchev–Trinajstić information content (AvgIpc) is 2.52. The molecule has 1 aliphatic heterocycles. The SMILES string of the molecule is N#CCCN(Cc1cccnc1)C(=O)C1CNC(=O)CN1. The molecule has 0 bridgehead atoms. The van der Waals surface area contributed by atoms with Crippen LogP contribution in [0.1, 0.15) is 12.0 Å². The van der Waals surface area contributed by atoms with Gasteiger partial charge in [-0.05, 0) is 11.6 Å². The van der Waals surface area contributed by atoms with Gasteiger partial charge in [0.05, 0.1) is 19.0 Å². The zero-order valence-electron chi connectivity index (χ0n) is 11.6. The number of carbonyl (C=O) groups is 2. The first-order valence-electron chi connectivity index (χ1n) is 6.75. The maximum atomic E-state index is 12.5. The number of rotatable bonds is 5. The summed E-state index contributed by atoms with van der Waals surface area (Å²) in [5, 5.41) is 14.3. The first-order valence-corrected chi connectivity index (χ1v) is 6.75. The first-order chi connectivity index (χ1) is 10.2. The maximum absolute atomic E-state index is 12.5. The van der Waals surface area contributed by atoms with E-state index in [9.17, 15) is 9.59 Å². The maximum Gasteiger partial charge on any atom is 0.241 e. The molecular weight excluding hydrogens is 270 g/mol. The number of pyridine rings is 1. The number of nitrogens with zero attached hydrogens (tertiary/aromatic N) is 3. The van der Waals surface area contributed by atoms with E-state index in [1.54, 1.807) is 23.4 Å². The Hall–Kier alpha value is -2.46. The predicted octanol–water partition coefficient (Wildman–Crippen LogP) is -0.588. The number of hydrogen-bond acceptors (Lipinski definition) is 5. The van der Waals surface area contributed by atoms with Crippen LogP contribution in [0.2, 0.25) is 0 Å². The summed E-state index contributed by atoms with van der Waals surface area (Å²) >= 11 is 0. The van der Waals surface area contributed by atoms with Crippen molar-refractivity contribution in [2.45, 2.75) is 19.0 Å². The molecule has 2 amide bonds. The van der Waals surface area contributed by atoms with Crippen LogP contribution in [-0.4, -0.2) is 47.4 Å². The zero-order valence-corrected chi connectivity index (χ0v) is 11.6. The van der Waals surface area contributed by atoms with Gasteiger partial charge >= 0.3 is 0 Å². The summed E-state index contributed by atoms with van der Waals surface area (Å²) in [6.45, 7) is 1.17. The van der Waals surface area contributed by atoms with Crippen LogP contribution in [0, 0.1) is 11.3 Å². The molecule has 0 saturated carbocycles. The molecule has 0 spiro atoms. The van der Waals surface area contributed by atoms with Gasteiger partial charge in [-0.25, -0.2) is 0 Å². The van der Waals surface area contributed by atoms with Crippen LogP contribution >= 0.6 is 0 Å². The fourth-order valence-electron chi connectivity index (χ4n) is 2.13. The lowest BCUT2D eigenvalue weighted by Crippen LogP contribution is -2.58. The number of amides is 2. The normalized spacial score (nSPS) is 17.7. The second kappa shape index (κ2) is 7.36. The highest BCUT2D eigenvalue weighted by molar-refractivity contribution is 5.86. The smallest absolute Gasteiger partial charge is 0.241 e. The number of carbonyl (C=O) groups excluding carboxylic acids is 2. The number of nitrogens with one attached hydrogen (secondary N) is 2. The second-order valence-electron chi connectivity index (χ2n) is 4.77. The summed E-state index contributed by atoms with van der Waals surface area (Å²) in [6.07, 6.45) is 3.64. The highest BCUT2D eigenvalue weighted by atomic mass is 16.2. The van der Waals surface area contributed by atoms with Gasteiger partial charge in [-0.1, -0.05) is 6.07 Å². The Morgan fingerprint density at radius 1 is 1.57 bits per heavy atom. The molecule has 1 fully saturated rings.